The Morgan fingerprint density at radius 3 is 2.75 bits per heavy atom. The summed E-state index contributed by atoms with van der Waals surface area (Å²) in [6.45, 7) is 8.37. The van der Waals surface area contributed by atoms with Crippen LogP contribution in [0.15, 0.2) is 30.9 Å². The van der Waals surface area contributed by atoms with E-state index in [1.54, 1.807) is 11.1 Å². The Morgan fingerprint density at radius 2 is 2.19 bits per heavy atom. The van der Waals surface area contributed by atoms with Gasteiger partial charge in [-0.1, -0.05) is 44.5 Å². The lowest BCUT2D eigenvalue weighted by molar-refractivity contribution is 0.885. The molecule has 0 spiro atoms. The van der Waals surface area contributed by atoms with Crippen molar-refractivity contribution in [3.05, 3.63) is 47.5 Å². The van der Waals surface area contributed by atoms with E-state index in [4.69, 9.17) is 0 Å². The lowest BCUT2D eigenvalue weighted by Gasteiger charge is -2.13. The summed E-state index contributed by atoms with van der Waals surface area (Å²) in [4.78, 5) is 0. The first-order valence-electron chi connectivity index (χ1n) is 6.51. The van der Waals surface area contributed by atoms with Crippen LogP contribution in [0.1, 0.15) is 61.6 Å². The molecule has 1 aromatic carbocycles. The number of hydrogen-bond donors (Lipinski definition) is 0. The monoisotopic (exact) mass is 214 g/mol. The second-order valence-corrected chi connectivity index (χ2v) is 5.01. The summed E-state index contributed by atoms with van der Waals surface area (Å²) in [6, 6.07) is 7.05. The molecule has 0 saturated heterocycles. The van der Waals surface area contributed by atoms with Crippen LogP contribution in [0.25, 0.3) is 0 Å². The Kier molecular flexibility index (Phi) is 3.48. The van der Waals surface area contributed by atoms with E-state index < -0.39 is 0 Å². The highest BCUT2D eigenvalue weighted by Gasteiger charge is 2.26. The van der Waals surface area contributed by atoms with Gasteiger partial charge in [0.15, 0.2) is 0 Å². The molecule has 2 rings (SSSR count). The fourth-order valence-corrected chi connectivity index (χ4v) is 2.30. The molecule has 0 bridgehead atoms. The second kappa shape index (κ2) is 4.86. The largest absolute Gasteiger partial charge is 0.102 e. The zero-order chi connectivity index (χ0) is 11.5. The summed E-state index contributed by atoms with van der Waals surface area (Å²) >= 11 is 0. The van der Waals surface area contributed by atoms with E-state index in [2.05, 4.69) is 38.6 Å². The van der Waals surface area contributed by atoms with Crippen molar-refractivity contribution in [2.24, 2.45) is 0 Å². The van der Waals surface area contributed by atoms with Gasteiger partial charge in [-0.3, -0.25) is 0 Å². The molecule has 0 aromatic heterocycles. The Morgan fingerprint density at radius 1 is 1.44 bits per heavy atom. The van der Waals surface area contributed by atoms with E-state index >= 15 is 0 Å². The van der Waals surface area contributed by atoms with Crippen LogP contribution in [0.4, 0.5) is 0 Å². The first kappa shape index (κ1) is 11.4. The van der Waals surface area contributed by atoms with Gasteiger partial charge in [-0.05, 0) is 47.8 Å². The maximum Gasteiger partial charge on any atom is -0.00130 e. The van der Waals surface area contributed by atoms with Crippen LogP contribution >= 0.6 is 0 Å². The number of rotatable bonds is 5. The van der Waals surface area contributed by atoms with Gasteiger partial charge >= 0.3 is 0 Å². The molecule has 0 amide bonds. The number of hydrogen-bond acceptors (Lipinski definition) is 0. The molecular weight excluding hydrogens is 192 g/mol. The molecule has 1 aromatic rings. The third-order valence-corrected chi connectivity index (χ3v) is 3.59. The van der Waals surface area contributed by atoms with E-state index in [1.165, 1.54) is 31.2 Å². The molecule has 0 heterocycles. The standard InChI is InChI=1S/C16H22/c1-4-6-13-9-10-15(12(3)5-2)11-16(13)14-7-8-14/h5,9-12,14H,2,4,6-8H2,1,3H3. The predicted molar refractivity (Wildman–Crippen MR) is 71.0 cm³/mol. The van der Waals surface area contributed by atoms with Gasteiger partial charge in [-0.15, -0.1) is 6.58 Å². The summed E-state index contributed by atoms with van der Waals surface area (Å²) < 4.78 is 0. The van der Waals surface area contributed by atoms with E-state index in [1.807, 2.05) is 6.08 Å². The van der Waals surface area contributed by atoms with Crippen LogP contribution in [0.2, 0.25) is 0 Å². The van der Waals surface area contributed by atoms with E-state index in [9.17, 15) is 0 Å². The maximum atomic E-state index is 3.89. The van der Waals surface area contributed by atoms with Gasteiger partial charge in [-0.2, -0.15) is 0 Å². The fraction of sp³-hybridized carbons (Fsp3) is 0.500. The highest BCUT2D eigenvalue weighted by atomic mass is 14.3. The molecule has 1 atom stereocenters. The molecule has 1 saturated carbocycles. The molecule has 16 heavy (non-hydrogen) atoms. The summed E-state index contributed by atoms with van der Waals surface area (Å²) in [7, 11) is 0. The fourth-order valence-electron chi connectivity index (χ4n) is 2.30. The molecule has 0 nitrogen and oxygen atoms in total. The number of aryl methyl sites for hydroxylation is 1. The van der Waals surface area contributed by atoms with Gasteiger partial charge in [0.1, 0.15) is 0 Å². The van der Waals surface area contributed by atoms with Gasteiger partial charge < -0.3 is 0 Å². The number of allylic oxidation sites excluding steroid dienone is 1. The van der Waals surface area contributed by atoms with Crippen molar-refractivity contribution in [1.82, 2.24) is 0 Å². The maximum absolute atomic E-state index is 3.89. The molecule has 0 radical (unpaired) electrons. The highest BCUT2D eigenvalue weighted by molar-refractivity contribution is 5.39. The Bertz CT molecular complexity index is 372. The zero-order valence-corrected chi connectivity index (χ0v) is 10.5. The van der Waals surface area contributed by atoms with Crippen LogP contribution < -0.4 is 0 Å². The lowest BCUT2D eigenvalue weighted by Crippen LogP contribution is -1.96. The molecule has 0 aliphatic heterocycles. The van der Waals surface area contributed by atoms with Gasteiger partial charge in [0, 0.05) is 0 Å². The van der Waals surface area contributed by atoms with Gasteiger partial charge in [-0.25, -0.2) is 0 Å². The zero-order valence-electron chi connectivity index (χ0n) is 10.5. The normalized spacial score (nSPS) is 17.1. The van der Waals surface area contributed by atoms with Gasteiger partial charge in [0.2, 0.25) is 0 Å². The van der Waals surface area contributed by atoms with E-state index in [0.29, 0.717) is 5.92 Å². The second-order valence-electron chi connectivity index (χ2n) is 5.01. The molecule has 86 valence electrons. The van der Waals surface area contributed by atoms with Crippen molar-refractivity contribution in [1.29, 1.82) is 0 Å². The lowest BCUT2D eigenvalue weighted by atomic mass is 9.92. The quantitative estimate of drug-likeness (QED) is 0.617. The summed E-state index contributed by atoms with van der Waals surface area (Å²) in [5, 5.41) is 0. The minimum absolute atomic E-state index is 0.480. The van der Waals surface area contributed by atoms with Crippen molar-refractivity contribution >= 4 is 0 Å². The van der Waals surface area contributed by atoms with Crippen LogP contribution in [-0.4, -0.2) is 0 Å². The Labute approximate surface area is 99.4 Å². The van der Waals surface area contributed by atoms with Crippen LogP contribution in [0, 0.1) is 0 Å². The van der Waals surface area contributed by atoms with Gasteiger partial charge in [0.25, 0.3) is 0 Å². The van der Waals surface area contributed by atoms with Crippen LogP contribution in [-0.2, 0) is 6.42 Å². The van der Waals surface area contributed by atoms with E-state index in [-0.39, 0.29) is 0 Å². The smallest absolute Gasteiger partial charge is 0.00130 e. The summed E-state index contributed by atoms with van der Waals surface area (Å²) in [6.07, 6.45) is 7.29. The molecule has 1 aliphatic carbocycles. The van der Waals surface area contributed by atoms with Crippen LogP contribution in [0.5, 0.6) is 0 Å². The topological polar surface area (TPSA) is 0 Å². The molecular formula is C16H22. The third-order valence-electron chi connectivity index (χ3n) is 3.59. The molecule has 1 unspecified atom stereocenters. The first-order valence-corrected chi connectivity index (χ1v) is 6.51. The molecule has 1 aliphatic rings. The number of benzene rings is 1. The van der Waals surface area contributed by atoms with Crippen molar-refractivity contribution in [3.63, 3.8) is 0 Å². The first-order chi connectivity index (χ1) is 7.76. The minimum Gasteiger partial charge on any atom is -0.102 e. The minimum atomic E-state index is 0.480. The average molecular weight is 214 g/mol. The highest BCUT2D eigenvalue weighted by Crippen LogP contribution is 2.42. The summed E-state index contributed by atoms with van der Waals surface area (Å²) in [5.41, 5.74) is 4.62. The van der Waals surface area contributed by atoms with Crippen molar-refractivity contribution in [2.45, 2.75) is 51.4 Å². The Balaban J connectivity index is 2.31. The molecule has 0 N–H and O–H groups in total. The predicted octanol–water partition coefficient (Wildman–Crippen LogP) is 4.81. The van der Waals surface area contributed by atoms with Gasteiger partial charge in [0.05, 0.1) is 0 Å². The van der Waals surface area contributed by atoms with Crippen LogP contribution in [0.3, 0.4) is 0 Å². The summed E-state index contributed by atoms with van der Waals surface area (Å²) in [5.74, 6) is 1.34. The average Bonchev–Trinajstić information content (AvgIpc) is 3.13. The Hall–Kier alpha value is -1.04. The van der Waals surface area contributed by atoms with Crippen molar-refractivity contribution in [2.75, 3.05) is 0 Å². The van der Waals surface area contributed by atoms with Crippen molar-refractivity contribution in [3.8, 4) is 0 Å². The van der Waals surface area contributed by atoms with E-state index in [0.717, 1.165) is 5.92 Å². The SMILES string of the molecule is C=CC(C)c1ccc(CCC)c(C2CC2)c1. The molecule has 1 fully saturated rings. The molecule has 0 heteroatoms. The van der Waals surface area contributed by atoms with Crippen molar-refractivity contribution < 1.29 is 0 Å². The third kappa shape index (κ3) is 2.37.